The maximum Gasteiger partial charge on any atom is 0.239 e. The lowest BCUT2D eigenvalue weighted by Gasteiger charge is -2.24. The number of benzene rings is 1. The molecule has 1 heterocycles. The number of carbonyl (C=O) groups is 3. The number of amides is 3. The van der Waals surface area contributed by atoms with Crippen LogP contribution in [0.25, 0.3) is 0 Å². The highest BCUT2D eigenvalue weighted by molar-refractivity contribution is 6.33. The van der Waals surface area contributed by atoms with E-state index in [0.717, 1.165) is 0 Å². The molecule has 1 atom stereocenters. The number of halogens is 1. The summed E-state index contributed by atoms with van der Waals surface area (Å²) in [5, 5.41) is 3.26. The molecule has 136 valence electrons. The summed E-state index contributed by atoms with van der Waals surface area (Å²) >= 11 is 6.16. The Morgan fingerprint density at radius 3 is 2.64 bits per heavy atom. The van der Waals surface area contributed by atoms with E-state index < -0.39 is 5.92 Å². The molecule has 0 bridgehead atoms. The van der Waals surface area contributed by atoms with Crippen LogP contribution < -0.4 is 10.2 Å². The van der Waals surface area contributed by atoms with Crippen molar-refractivity contribution in [2.75, 3.05) is 24.5 Å². The van der Waals surface area contributed by atoms with Gasteiger partial charge in [-0.2, -0.15) is 0 Å². The minimum atomic E-state index is -0.462. The minimum Gasteiger partial charge on any atom is -0.352 e. The van der Waals surface area contributed by atoms with Gasteiger partial charge in [-0.3, -0.25) is 14.4 Å². The van der Waals surface area contributed by atoms with Gasteiger partial charge in [0.2, 0.25) is 17.7 Å². The molecule has 7 heteroatoms. The number of nitrogens with one attached hydrogen (secondary N) is 1. The van der Waals surface area contributed by atoms with Crippen molar-refractivity contribution in [1.82, 2.24) is 10.2 Å². The number of hydrogen-bond acceptors (Lipinski definition) is 3. The molecule has 1 aromatic rings. The summed E-state index contributed by atoms with van der Waals surface area (Å²) in [5.74, 6) is -0.966. The lowest BCUT2D eigenvalue weighted by atomic mass is 10.1. The lowest BCUT2D eigenvalue weighted by molar-refractivity contribution is -0.139. The summed E-state index contributed by atoms with van der Waals surface area (Å²) in [6.07, 6.45) is 0.131. The van der Waals surface area contributed by atoms with Gasteiger partial charge in [0.05, 0.1) is 23.2 Å². The maximum atomic E-state index is 12.7. The van der Waals surface area contributed by atoms with Crippen molar-refractivity contribution in [2.24, 2.45) is 5.92 Å². The molecule has 0 aromatic heterocycles. The van der Waals surface area contributed by atoms with Crippen LogP contribution in [0.4, 0.5) is 5.69 Å². The molecular formula is C18H24ClN3O3. The number of para-hydroxylation sites is 1. The first-order chi connectivity index (χ1) is 11.8. The Morgan fingerprint density at radius 2 is 2.04 bits per heavy atom. The van der Waals surface area contributed by atoms with Crippen molar-refractivity contribution < 1.29 is 14.4 Å². The van der Waals surface area contributed by atoms with Gasteiger partial charge in [-0.05, 0) is 32.9 Å². The Morgan fingerprint density at radius 1 is 1.36 bits per heavy atom. The molecule has 1 saturated heterocycles. The number of likely N-dealkylation sites (N-methyl/N-ethyl adjacent to an activating group) is 1. The average Bonchev–Trinajstić information content (AvgIpc) is 2.93. The summed E-state index contributed by atoms with van der Waals surface area (Å²) in [6.45, 7) is 6.26. The van der Waals surface area contributed by atoms with E-state index in [9.17, 15) is 14.4 Å². The van der Waals surface area contributed by atoms with E-state index >= 15 is 0 Å². The number of rotatable bonds is 6. The highest BCUT2D eigenvalue weighted by Crippen LogP contribution is 2.31. The first-order valence-electron chi connectivity index (χ1n) is 8.46. The molecule has 6 nitrogen and oxygen atoms in total. The van der Waals surface area contributed by atoms with E-state index in [-0.39, 0.29) is 43.3 Å². The summed E-state index contributed by atoms with van der Waals surface area (Å²) < 4.78 is 0. The van der Waals surface area contributed by atoms with Crippen LogP contribution in [0.2, 0.25) is 5.02 Å². The standard InChI is InChI=1S/C18H24ClN3O3/c1-4-21(11-16(23)20-12(2)3)18(25)13-9-17(24)22(10-13)15-8-6-5-7-14(15)19/h5-8,12-13H,4,9-11H2,1-3H3,(H,20,23). The summed E-state index contributed by atoms with van der Waals surface area (Å²) in [5.41, 5.74) is 0.616. The second-order valence-electron chi connectivity index (χ2n) is 6.43. The second-order valence-corrected chi connectivity index (χ2v) is 6.84. The second kappa shape index (κ2) is 8.34. The Bertz CT molecular complexity index is 663. The maximum absolute atomic E-state index is 12.7. The zero-order chi connectivity index (χ0) is 18.6. The number of anilines is 1. The molecule has 25 heavy (non-hydrogen) atoms. The smallest absolute Gasteiger partial charge is 0.239 e. The van der Waals surface area contributed by atoms with Gasteiger partial charge in [0, 0.05) is 25.6 Å². The first-order valence-corrected chi connectivity index (χ1v) is 8.84. The molecule has 2 rings (SSSR count). The molecule has 3 amide bonds. The third-order valence-corrected chi connectivity index (χ3v) is 4.41. The van der Waals surface area contributed by atoms with Crippen LogP contribution in [0.5, 0.6) is 0 Å². The average molecular weight is 366 g/mol. The topological polar surface area (TPSA) is 69.7 Å². The fraction of sp³-hybridized carbons (Fsp3) is 0.500. The Kier molecular flexibility index (Phi) is 6.42. The van der Waals surface area contributed by atoms with E-state index in [1.54, 1.807) is 29.2 Å². The molecule has 0 aliphatic carbocycles. The normalized spacial score (nSPS) is 17.1. The molecule has 1 unspecified atom stereocenters. The summed E-state index contributed by atoms with van der Waals surface area (Å²) in [7, 11) is 0. The molecule has 1 aliphatic rings. The van der Waals surface area contributed by atoms with E-state index in [4.69, 9.17) is 11.6 Å². The number of nitrogens with zero attached hydrogens (tertiary/aromatic N) is 2. The van der Waals surface area contributed by atoms with Gasteiger partial charge in [-0.1, -0.05) is 23.7 Å². The third kappa shape index (κ3) is 4.72. The molecule has 0 spiro atoms. The lowest BCUT2D eigenvalue weighted by Crippen LogP contribution is -2.45. The fourth-order valence-electron chi connectivity index (χ4n) is 2.92. The molecular weight excluding hydrogens is 342 g/mol. The zero-order valence-corrected chi connectivity index (χ0v) is 15.5. The van der Waals surface area contributed by atoms with Crippen molar-refractivity contribution in [1.29, 1.82) is 0 Å². The predicted octanol–water partition coefficient (Wildman–Crippen LogP) is 2.07. The van der Waals surface area contributed by atoms with Crippen molar-refractivity contribution in [3.05, 3.63) is 29.3 Å². The number of hydrogen-bond donors (Lipinski definition) is 1. The summed E-state index contributed by atoms with van der Waals surface area (Å²) in [6, 6.07) is 7.10. The fourth-order valence-corrected chi connectivity index (χ4v) is 3.16. The van der Waals surface area contributed by atoms with Gasteiger partial charge in [-0.15, -0.1) is 0 Å². The van der Waals surface area contributed by atoms with Gasteiger partial charge in [-0.25, -0.2) is 0 Å². The molecule has 0 saturated carbocycles. The quantitative estimate of drug-likeness (QED) is 0.839. The van der Waals surface area contributed by atoms with E-state index in [1.165, 1.54) is 4.90 Å². The highest BCUT2D eigenvalue weighted by Gasteiger charge is 2.37. The van der Waals surface area contributed by atoms with Gasteiger partial charge in [0.25, 0.3) is 0 Å². The van der Waals surface area contributed by atoms with Crippen molar-refractivity contribution in [3.8, 4) is 0 Å². The predicted molar refractivity (Wildman–Crippen MR) is 97.4 cm³/mol. The van der Waals surface area contributed by atoms with E-state index in [1.807, 2.05) is 20.8 Å². The highest BCUT2D eigenvalue weighted by atomic mass is 35.5. The zero-order valence-electron chi connectivity index (χ0n) is 14.8. The number of carbonyl (C=O) groups excluding carboxylic acids is 3. The van der Waals surface area contributed by atoms with Crippen LogP contribution in [0.1, 0.15) is 27.2 Å². The van der Waals surface area contributed by atoms with E-state index in [2.05, 4.69) is 5.32 Å². The van der Waals surface area contributed by atoms with E-state index in [0.29, 0.717) is 17.3 Å². The third-order valence-electron chi connectivity index (χ3n) is 4.10. The van der Waals surface area contributed by atoms with Crippen LogP contribution in [0, 0.1) is 5.92 Å². The Hall–Kier alpha value is -2.08. The van der Waals surface area contributed by atoms with Crippen LogP contribution in [-0.4, -0.2) is 48.3 Å². The first kappa shape index (κ1) is 19.2. The molecule has 1 aliphatic heterocycles. The molecule has 1 N–H and O–H groups in total. The molecule has 1 aromatic carbocycles. The van der Waals surface area contributed by atoms with Gasteiger partial charge in [0.15, 0.2) is 0 Å². The monoisotopic (exact) mass is 365 g/mol. The Balaban J connectivity index is 2.06. The van der Waals surface area contributed by atoms with Crippen LogP contribution in [-0.2, 0) is 14.4 Å². The SMILES string of the molecule is CCN(CC(=O)NC(C)C)C(=O)C1CC(=O)N(c2ccccc2Cl)C1. The van der Waals surface area contributed by atoms with Gasteiger partial charge < -0.3 is 15.1 Å². The van der Waals surface area contributed by atoms with Gasteiger partial charge >= 0.3 is 0 Å². The largest absolute Gasteiger partial charge is 0.352 e. The van der Waals surface area contributed by atoms with Crippen molar-refractivity contribution in [2.45, 2.75) is 33.2 Å². The summed E-state index contributed by atoms with van der Waals surface area (Å²) in [4.78, 5) is 40.1. The van der Waals surface area contributed by atoms with Crippen molar-refractivity contribution >= 4 is 35.0 Å². The molecule has 0 radical (unpaired) electrons. The van der Waals surface area contributed by atoms with Crippen LogP contribution >= 0.6 is 11.6 Å². The van der Waals surface area contributed by atoms with Gasteiger partial charge in [0.1, 0.15) is 0 Å². The minimum absolute atomic E-state index is 0.00426. The molecule has 1 fully saturated rings. The van der Waals surface area contributed by atoms with Crippen LogP contribution in [0.15, 0.2) is 24.3 Å². The Labute approximate surface area is 153 Å². The van der Waals surface area contributed by atoms with Crippen LogP contribution in [0.3, 0.4) is 0 Å². The van der Waals surface area contributed by atoms with Crippen molar-refractivity contribution in [3.63, 3.8) is 0 Å².